The molecule has 2 rings (SSSR count). The van der Waals surface area contributed by atoms with Crippen molar-refractivity contribution in [2.45, 2.75) is 13.5 Å². The summed E-state index contributed by atoms with van der Waals surface area (Å²) in [6.07, 6.45) is 1.18. The molecule has 0 aliphatic carbocycles. The van der Waals surface area contributed by atoms with E-state index in [0.717, 1.165) is 5.56 Å². The van der Waals surface area contributed by atoms with Crippen LogP contribution < -0.4 is 10.2 Å². The Morgan fingerprint density at radius 2 is 2.11 bits per heavy atom. The molecule has 0 saturated heterocycles. The summed E-state index contributed by atoms with van der Waals surface area (Å²) in [5.41, 5.74) is 0.466. The SMILES string of the molecule is Cc1cc(Cl)ccc1Oc1coc(CO)cc1=O. The molecule has 0 atom stereocenters. The Kier molecular flexibility index (Phi) is 3.69. The van der Waals surface area contributed by atoms with E-state index in [1.54, 1.807) is 18.2 Å². The molecule has 1 N–H and O–H groups in total. The molecule has 0 spiro atoms. The maximum absolute atomic E-state index is 11.7. The van der Waals surface area contributed by atoms with Crippen LogP contribution in [0, 0.1) is 6.92 Å². The van der Waals surface area contributed by atoms with Gasteiger partial charge in [0.2, 0.25) is 11.2 Å². The number of ether oxygens (including phenoxy) is 1. The van der Waals surface area contributed by atoms with Gasteiger partial charge in [-0.2, -0.15) is 0 Å². The predicted molar refractivity (Wildman–Crippen MR) is 67.2 cm³/mol. The normalized spacial score (nSPS) is 10.4. The minimum absolute atomic E-state index is 0.0672. The van der Waals surface area contributed by atoms with Gasteiger partial charge in [0.25, 0.3) is 0 Å². The van der Waals surface area contributed by atoms with Gasteiger partial charge in [-0.1, -0.05) is 11.6 Å². The third kappa shape index (κ3) is 2.72. The molecule has 1 aromatic heterocycles. The Labute approximate surface area is 108 Å². The van der Waals surface area contributed by atoms with Crippen LogP contribution in [0.25, 0.3) is 0 Å². The van der Waals surface area contributed by atoms with Crippen molar-refractivity contribution in [2.75, 3.05) is 0 Å². The van der Waals surface area contributed by atoms with E-state index >= 15 is 0 Å². The van der Waals surface area contributed by atoms with Crippen LogP contribution in [0.15, 0.2) is 39.7 Å². The number of aliphatic hydroxyl groups is 1. The average Bonchev–Trinajstić information content (AvgIpc) is 2.34. The Hall–Kier alpha value is -1.78. The molecule has 0 radical (unpaired) electrons. The quantitative estimate of drug-likeness (QED) is 0.928. The van der Waals surface area contributed by atoms with Gasteiger partial charge in [-0.05, 0) is 30.7 Å². The second kappa shape index (κ2) is 5.25. The van der Waals surface area contributed by atoms with Crippen molar-refractivity contribution in [2.24, 2.45) is 0 Å². The first-order chi connectivity index (χ1) is 8.60. The summed E-state index contributed by atoms with van der Waals surface area (Å²) in [7, 11) is 0. The smallest absolute Gasteiger partial charge is 0.227 e. The zero-order chi connectivity index (χ0) is 13.1. The average molecular weight is 267 g/mol. The first kappa shape index (κ1) is 12.7. The van der Waals surface area contributed by atoms with E-state index in [1.165, 1.54) is 12.3 Å². The maximum atomic E-state index is 11.7. The summed E-state index contributed by atoms with van der Waals surface area (Å²) >= 11 is 5.83. The van der Waals surface area contributed by atoms with Gasteiger partial charge in [0.1, 0.15) is 24.4 Å². The zero-order valence-electron chi connectivity index (χ0n) is 9.64. The fourth-order valence-corrected chi connectivity index (χ4v) is 1.67. The summed E-state index contributed by atoms with van der Waals surface area (Å²) < 4.78 is 10.5. The molecule has 0 aliphatic heterocycles. The van der Waals surface area contributed by atoms with E-state index in [-0.39, 0.29) is 23.5 Å². The first-order valence-corrected chi connectivity index (χ1v) is 5.64. The number of benzene rings is 1. The highest BCUT2D eigenvalue weighted by atomic mass is 35.5. The molecule has 1 aromatic carbocycles. The van der Waals surface area contributed by atoms with Crippen molar-refractivity contribution in [1.29, 1.82) is 0 Å². The third-order valence-corrected chi connectivity index (χ3v) is 2.60. The number of aryl methyl sites for hydroxylation is 1. The predicted octanol–water partition coefficient (Wildman–Crippen LogP) is 2.89. The molecule has 1 heterocycles. The van der Waals surface area contributed by atoms with E-state index in [9.17, 15) is 4.79 Å². The van der Waals surface area contributed by atoms with Crippen LogP contribution in [-0.4, -0.2) is 5.11 Å². The lowest BCUT2D eigenvalue weighted by atomic mass is 10.2. The molecule has 94 valence electrons. The lowest BCUT2D eigenvalue weighted by Gasteiger charge is -2.07. The summed E-state index contributed by atoms with van der Waals surface area (Å²) in [6, 6.07) is 6.28. The Morgan fingerprint density at radius 3 is 2.72 bits per heavy atom. The maximum Gasteiger partial charge on any atom is 0.227 e. The Bertz CT molecular complexity index is 619. The number of rotatable bonds is 3. The van der Waals surface area contributed by atoms with Crippen molar-refractivity contribution in [3.63, 3.8) is 0 Å². The van der Waals surface area contributed by atoms with Crippen molar-refractivity contribution in [3.8, 4) is 11.5 Å². The highest BCUT2D eigenvalue weighted by Gasteiger charge is 2.07. The van der Waals surface area contributed by atoms with Gasteiger partial charge in [-0.15, -0.1) is 0 Å². The van der Waals surface area contributed by atoms with Crippen LogP contribution in [0.5, 0.6) is 11.5 Å². The van der Waals surface area contributed by atoms with E-state index in [0.29, 0.717) is 10.8 Å². The van der Waals surface area contributed by atoms with Gasteiger partial charge < -0.3 is 14.3 Å². The second-order valence-corrected chi connectivity index (χ2v) is 4.18. The number of hydrogen-bond donors (Lipinski definition) is 1. The van der Waals surface area contributed by atoms with Crippen LogP contribution in [0.3, 0.4) is 0 Å². The molecule has 0 fully saturated rings. The van der Waals surface area contributed by atoms with Crippen LogP contribution in [0.4, 0.5) is 0 Å². The molecular weight excluding hydrogens is 256 g/mol. The number of aliphatic hydroxyl groups excluding tert-OH is 1. The zero-order valence-corrected chi connectivity index (χ0v) is 10.4. The minimum Gasteiger partial charge on any atom is -0.463 e. The van der Waals surface area contributed by atoms with Crippen molar-refractivity contribution >= 4 is 11.6 Å². The van der Waals surface area contributed by atoms with Crippen molar-refractivity contribution in [1.82, 2.24) is 0 Å². The molecular formula is C13H11ClO4. The highest BCUT2D eigenvalue weighted by Crippen LogP contribution is 2.25. The molecule has 0 unspecified atom stereocenters. The molecule has 2 aromatic rings. The van der Waals surface area contributed by atoms with E-state index in [1.807, 2.05) is 6.92 Å². The lowest BCUT2D eigenvalue weighted by Crippen LogP contribution is -2.05. The van der Waals surface area contributed by atoms with Crippen LogP contribution in [0.1, 0.15) is 11.3 Å². The van der Waals surface area contributed by atoms with Crippen molar-refractivity contribution in [3.05, 3.63) is 57.1 Å². The minimum atomic E-state index is -0.348. The van der Waals surface area contributed by atoms with E-state index in [2.05, 4.69) is 0 Å². The monoisotopic (exact) mass is 266 g/mol. The molecule has 0 aliphatic rings. The van der Waals surface area contributed by atoms with Crippen molar-refractivity contribution < 1.29 is 14.3 Å². The fourth-order valence-electron chi connectivity index (χ4n) is 1.44. The standard InChI is InChI=1S/C13H11ClO4/c1-8-4-9(14)2-3-12(8)18-13-7-17-10(6-15)5-11(13)16/h2-5,7,15H,6H2,1H3. The first-order valence-electron chi connectivity index (χ1n) is 5.27. The molecule has 0 amide bonds. The van der Waals surface area contributed by atoms with Gasteiger partial charge in [-0.25, -0.2) is 0 Å². The Morgan fingerprint density at radius 1 is 1.33 bits per heavy atom. The number of hydrogen-bond acceptors (Lipinski definition) is 4. The van der Waals surface area contributed by atoms with Gasteiger partial charge >= 0.3 is 0 Å². The van der Waals surface area contributed by atoms with Crippen LogP contribution in [-0.2, 0) is 6.61 Å². The molecule has 5 heteroatoms. The third-order valence-electron chi connectivity index (χ3n) is 2.37. The van der Waals surface area contributed by atoms with Crippen LogP contribution in [0.2, 0.25) is 5.02 Å². The van der Waals surface area contributed by atoms with Gasteiger partial charge in [0.15, 0.2) is 0 Å². The van der Waals surface area contributed by atoms with Gasteiger partial charge in [-0.3, -0.25) is 4.79 Å². The summed E-state index contributed by atoms with van der Waals surface area (Å²) in [5.74, 6) is 0.793. The molecule has 0 saturated carbocycles. The van der Waals surface area contributed by atoms with E-state index < -0.39 is 0 Å². The summed E-state index contributed by atoms with van der Waals surface area (Å²) in [5, 5.41) is 9.43. The lowest BCUT2D eigenvalue weighted by molar-refractivity contribution is 0.241. The topological polar surface area (TPSA) is 59.7 Å². The van der Waals surface area contributed by atoms with Gasteiger partial charge in [0.05, 0.1) is 0 Å². The Balaban J connectivity index is 2.31. The second-order valence-electron chi connectivity index (χ2n) is 3.74. The van der Waals surface area contributed by atoms with Gasteiger partial charge in [0, 0.05) is 11.1 Å². The molecule has 18 heavy (non-hydrogen) atoms. The van der Waals surface area contributed by atoms with E-state index in [4.69, 9.17) is 25.9 Å². The molecule has 0 bridgehead atoms. The summed E-state index contributed by atoms with van der Waals surface area (Å²) in [4.78, 5) is 11.7. The largest absolute Gasteiger partial charge is 0.463 e. The van der Waals surface area contributed by atoms with Crippen LogP contribution >= 0.6 is 11.6 Å². The number of halogens is 1. The highest BCUT2D eigenvalue weighted by molar-refractivity contribution is 6.30. The molecule has 4 nitrogen and oxygen atoms in total. The summed E-state index contributed by atoms with van der Waals surface area (Å²) in [6.45, 7) is 1.50. The fraction of sp³-hybridized carbons (Fsp3) is 0.154.